The molecule has 10 nitrogen and oxygen atoms in total. The average molecular weight is 650 g/mol. The monoisotopic (exact) mass is 649 g/mol. The lowest BCUT2D eigenvalue weighted by Crippen LogP contribution is -2.51. The quantitative estimate of drug-likeness (QED) is 0.145. The van der Waals surface area contributed by atoms with Gasteiger partial charge >= 0.3 is 6.09 Å². The predicted octanol–water partition coefficient (Wildman–Crippen LogP) is 6.71. The van der Waals surface area contributed by atoms with Gasteiger partial charge in [0.15, 0.2) is 0 Å². The van der Waals surface area contributed by atoms with Gasteiger partial charge in [-0.1, -0.05) is 69.4 Å². The number of nitrogens with one attached hydrogen (secondary N) is 4. The second-order valence-corrected chi connectivity index (χ2v) is 19.2. The molecule has 244 valence electrons. The van der Waals surface area contributed by atoms with Crippen LogP contribution in [0, 0.1) is 5.92 Å². The maximum atomic E-state index is 13.5. The lowest BCUT2D eigenvalue weighted by Gasteiger charge is -2.30. The Kier molecular flexibility index (Phi) is 8.13. The van der Waals surface area contributed by atoms with Gasteiger partial charge in [-0.25, -0.2) is 14.8 Å². The molecule has 47 heavy (non-hydrogen) atoms. The first-order valence-corrected chi connectivity index (χ1v) is 20.0. The Morgan fingerprint density at radius 1 is 1.00 bits per heavy atom. The second-order valence-electron chi connectivity index (χ2n) is 14.1. The van der Waals surface area contributed by atoms with Gasteiger partial charge in [-0.3, -0.25) is 4.79 Å². The summed E-state index contributed by atoms with van der Waals surface area (Å²) >= 11 is 0. The third kappa shape index (κ3) is 6.05. The van der Waals surface area contributed by atoms with Crippen LogP contribution in [0.4, 0.5) is 4.79 Å². The maximum absolute atomic E-state index is 13.5. The van der Waals surface area contributed by atoms with Crippen molar-refractivity contribution >= 4 is 41.9 Å². The van der Waals surface area contributed by atoms with Crippen molar-refractivity contribution < 1.29 is 14.3 Å². The Morgan fingerprint density at radius 3 is 2.49 bits per heavy atom. The number of imidazole rings is 2. The number of methoxy groups -OCH3 is 1. The van der Waals surface area contributed by atoms with Crippen LogP contribution in [0.5, 0.6) is 0 Å². The van der Waals surface area contributed by atoms with Crippen LogP contribution in [0.15, 0.2) is 60.8 Å². The number of benzene rings is 3. The number of aromatic amines is 2. The fraction of sp³-hybridized carbons (Fsp3) is 0.389. The van der Waals surface area contributed by atoms with Gasteiger partial charge in [-0.2, -0.15) is 0 Å². The van der Waals surface area contributed by atoms with E-state index in [4.69, 9.17) is 14.7 Å². The number of amides is 2. The highest BCUT2D eigenvalue weighted by Gasteiger charge is 2.38. The van der Waals surface area contributed by atoms with Gasteiger partial charge < -0.3 is 30.2 Å². The largest absolute Gasteiger partial charge is 0.453 e. The van der Waals surface area contributed by atoms with Crippen molar-refractivity contribution in [2.75, 3.05) is 19.8 Å². The lowest BCUT2D eigenvalue weighted by molar-refractivity contribution is -0.135. The van der Waals surface area contributed by atoms with E-state index >= 15 is 0 Å². The van der Waals surface area contributed by atoms with Crippen LogP contribution < -0.4 is 10.6 Å². The molecule has 7 rings (SSSR count). The number of H-pyrrole nitrogens is 2. The van der Waals surface area contributed by atoms with E-state index in [1.165, 1.54) is 23.9 Å². The van der Waals surface area contributed by atoms with Gasteiger partial charge in [0.2, 0.25) is 5.91 Å². The van der Waals surface area contributed by atoms with E-state index in [1.54, 1.807) is 0 Å². The van der Waals surface area contributed by atoms with Crippen molar-refractivity contribution in [2.45, 2.75) is 64.0 Å². The Labute approximate surface area is 275 Å². The summed E-state index contributed by atoms with van der Waals surface area (Å²) in [5.74, 6) is 1.61. The highest BCUT2D eigenvalue weighted by molar-refractivity contribution is 6.78. The zero-order chi connectivity index (χ0) is 32.9. The van der Waals surface area contributed by atoms with Crippen LogP contribution in [-0.4, -0.2) is 70.8 Å². The molecule has 4 heterocycles. The zero-order valence-electron chi connectivity index (χ0n) is 27.7. The van der Waals surface area contributed by atoms with Crippen molar-refractivity contribution in [3.05, 3.63) is 72.4 Å². The van der Waals surface area contributed by atoms with Crippen molar-refractivity contribution in [3.8, 4) is 22.4 Å². The Balaban J connectivity index is 1.08. The van der Waals surface area contributed by atoms with E-state index in [2.05, 4.69) is 88.3 Å². The molecule has 3 aromatic carbocycles. The molecule has 0 bridgehead atoms. The molecule has 2 fully saturated rings. The van der Waals surface area contributed by atoms with E-state index in [1.807, 2.05) is 24.9 Å². The van der Waals surface area contributed by atoms with Gasteiger partial charge in [-0.15, -0.1) is 0 Å². The number of carbonyl (C=O) groups excluding carboxylic acids is 2. The Hall–Kier alpha value is -4.48. The molecule has 0 radical (unpaired) electrons. The molecule has 2 saturated heterocycles. The minimum atomic E-state index is -1.19. The van der Waals surface area contributed by atoms with E-state index in [9.17, 15) is 9.59 Å². The van der Waals surface area contributed by atoms with Crippen molar-refractivity contribution in [1.29, 1.82) is 0 Å². The highest BCUT2D eigenvalue weighted by Crippen LogP contribution is 2.35. The van der Waals surface area contributed by atoms with Crippen molar-refractivity contribution in [1.82, 2.24) is 35.5 Å². The summed E-state index contributed by atoms with van der Waals surface area (Å²) in [6, 6.07) is 20.1. The molecule has 4 N–H and O–H groups in total. The summed E-state index contributed by atoms with van der Waals surface area (Å²) in [4.78, 5) is 44.0. The molecule has 3 atom stereocenters. The van der Waals surface area contributed by atoms with E-state index in [0.29, 0.717) is 12.6 Å². The maximum Gasteiger partial charge on any atom is 0.407 e. The number of ether oxygens (including phenoxy) is 1. The van der Waals surface area contributed by atoms with Crippen LogP contribution in [0.3, 0.4) is 0 Å². The Bertz CT molecular complexity index is 1950. The normalized spacial score (nSPS) is 19.9. The molecule has 2 aliphatic rings. The van der Waals surface area contributed by atoms with Gasteiger partial charge in [0.05, 0.1) is 50.2 Å². The molecule has 2 amide bonds. The van der Waals surface area contributed by atoms with Gasteiger partial charge in [0, 0.05) is 11.9 Å². The van der Waals surface area contributed by atoms with E-state index in [0.717, 1.165) is 64.1 Å². The number of rotatable bonds is 7. The molecule has 2 aromatic heterocycles. The number of hydrogen-bond acceptors (Lipinski definition) is 6. The summed E-state index contributed by atoms with van der Waals surface area (Å²) in [5, 5.41) is 8.75. The zero-order valence-corrected chi connectivity index (χ0v) is 28.7. The fourth-order valence-corrected chi connectivity index (χ4v) is 9.54. The number of fused-ring (bicyclic) bond motifs is 3. The molecule has 0 saturated carbocycles. The van der Waals surface area contributed by atoms with Gasteiger partial charge in [-0.05, 0) is 65.2 Å². The molecule has 5 aromatic rings. The number of carbonyl (C=O) groups is 2. The summed E-state index contributed by atoms with van der Waals surface area (Å²) in [7, 11) is 0.113. The standard InChI is InChI=1S/C36H43N7O3Si/c1-21(2)31(42-36(45)46-3)35(44)43-16-6-7-30(43)34-37-18-28(40-34)23-10-8-22(9-11-23)24-12-14-26-25(17-24)13-15-27-32(26)41-33(39-27)29-19-47(4,5)20-38-29/h8-15,17-18,21,29-31,38H,6-7,16,19-20H2,1-5H3,(H,37,40)(H,39,41)(H,42,45)/t29-,30-,31-/m0/s1. The molecular formula is C36H43N7O3Si. The summed E-state index contributed by atoms with van der Waals surface area (Å²) < 4.78 is 4.76. The molecular weight excluding hydrogens is 607 g/mol. The highest BCUT2D eigenvalue weighted by atomic mass is 28.3. The minimum Gasteiger partial charge on any atom is -0.453 e. The van der Waals surface area contributed by atoms with Gasteiger partial charge in [0.25, 0.3) is 0 Å². The molecule has 0 unspecified atom stereocenters. The molecule has 0 aliphatic carbocycles. The molecule has 11 heteroatoms. The number of likely N-dealkylation sites (tertiary alicyclic amines) is 1. The van der Waals surface area contributed by atoms with Crippen LogP contribution in [-0.2, 0) is 9.53 Å². The third-order valence-electron chi connectivity index (χ3n) is 9.77. The number of aromatic nitrogens is 4. The van der Waals surface area contributed by atoms with Crippen LogP contribution in [0.1, 0.15) is 50.4 Å². The smallest absolute Gasteiger partial charge is 0.407 e. The fourth-order valence-electron chi connectivity index (χ4n) is 7.15. The van der Waals surface area contributed by atoms with Gasteiger partial charge in [0.1, 0.15) is 17.7 Å². The first-order chi connectivity index (χ1) is 22.6. The molecule has 2 aliphatic heterocycles. The van der Waals surface area contributed by atoms with Crippen molar-refractivity contribution in [2.24, 2.45) is 5.92 Å². The second kappa shape index (κ2) is 12.3. The topological polar surface area (TPSA) is 128 Å². The minimum absolute atomic E-state index is 0.0799. The summed E-state index contributed by atoms with van der Waals surface area (Å²) in [6.45, 7) is 9.32. The Morgan fingerprint density at radius 2 is 1.77 bits per heavy atom. The van der Waals surface area contributed by atoms with Crippen LogP contribution >= 0.6 is 0 Å². The third-order valence-corrected chi connectivity index (χ3v) is 12.4. The van der Waals surface area contributed by atoms with Crippen molar-refractivity contribution in [3.63, 3.8) is 0 Å². The number of alkyl carbamates (subject to hydrolysis) is 1. The average Bonchev–Trinajstić information content (AvgIpc) is 3.88. The first-order valence-electron chi connectivity index (χ1n) is 16.6. The van der Waals surface area contributed by atoms with E-state index in [-0.39, 0.29) is 17.9 Å². The number of nitrogens with zero attached hydrogens (tertiary/aromatic N) is 3. The predicted molar refractivity (Wildman–Crippen MR) is 188 cm³/mol. The van der Waals surface area contributed by atoms with Crippen LogP contribution in [0.25, 0.3) is 44.2 Å². The number of hydrogen-bond donors (Lipinski definition) is 4. The first kappa shape index (κ1) is 31.1. The molecule has 0 spiro atoms. The van der Waals surface area contributed by atoms with E-state index < -0.39 is 20.2 Å². The lowest BCUT2D eigenvalue weighted by atomic mass is 9.99. The SMILES string of the molecule is COC(=O)N[C@H](C(=O)N1CCC[C@H]1c1ncc(-c2ccc(-c3ccc4c(ccc5nc([C@@H]6C[Si](C)(C)CN6)[nH]c54)c3)cc2)[nH]1)C(C)C. The summed E-state index contributed by atoms with van der Waals surface area (Å²) in [6.07, 6.45) is 4.05. The summed E-state index contributed by atoms with van der Waals surface area (Å²) in [5.41, 5.74) is 6.32. The van der Waals surface area contributed by atoms with Crippen LogP contribution in [0.2, 0.25) is 19.1 Å².